The van der Waals surface area contributed by atoms with E-state index < -0.39 is 0 Å². The highest BCUT2D eigenvalue weighted by Gasteiger charge is 2.20. The van der Waals surface area contributed by atoms with E-state index in [9.17, 15) is 4.79 Å². The quantitative estimate of drug-likeness (QED) is 0.887. The molecule has 1 atom stereocenters. The van der Waals surface area contributed by atoms with Crippen molar-refractivity contribution in [2.75, 3.05) is 5.32 Å². The van der Waals surface area contributed by atoms with Gasteiger partial charge in [-0.3, -0.25) is 4.79 Å². The molecular weight excluding hydrogens is 283 g/mol. The summed E-state index contributed by atoms with van der Waals surface area (Å²) in [5, 5.41) is 7.30. The SMILES string of the molecule is CC(Nc1cc(Cl)ccc1Cl)C(=O)NC1CCCC1. The molecular formula is C14H18Cl2N2O. The number of amides is 1. The van der Waals surface area contributed by atoms with Gasteiger partial charge in [-0.25, -0.2) is 0 Å². The van der Waals surface area contributed by atoms with E-state index in [0.29, 0.717) is 21.8 Å². The van der Waals surface area contributed by atoms with Crippen molar-refractivity contribution < 1.29 is 4.79 Å². The lowest BCUT2D eigenvalue weighted by Crippen LogP contribution is -2.42. The third kappa shape index (κ3) is 4.02. The van der Waals surface area contributed by atoms with E-state index in [-0.39, 0.29) is 11.9 Å². The highest BCUT2D eigenvalue weighted by molar-refractivity contribution is 6.35. The number of nitrogens with one attached hydrogen (secondary N) is 2. The molecule has 0 heterocycles. The van der Waals surface area contributed by atoms with Crippen LogP contribution in [0.15, 0.2) is 18.2 Å². The molecule has 1 fully saturated rings. The third-order valence-electron chi connectivity index (χ3n) is 3.40. The van der Waals surface area contributed by atoms with Gasteiger partial charge in [0.15, 0.2) is 0 Å². The minimum absolute atomic E-state index is 0.00272. The number of rotatable bonds is 4. The van der Waals surface area contributed by atoms with Crippen LogP contribution in [0, 0.1) is 0 Å². The van der Waals surface area contributed by atoms with Crippen molar-refractivity contribution in [1.82, 2.24) is 5.32 Å². The first-order chi connectivity index (χ1) is 9.06. The highest BCUT2D eigenvalue weighted by Crippen LogP contribution is 2.26. The van der Waals surface area contributed by atoms with Crippen LogP contribution in [0.3, 0.4) is 0 Å². The van der Waals surface area contributed by atoms with Gasteiger partial charge in [0.05, 0.1) is 10.7 Å². The molecule has 1 aromatic carbocycles. The van der Waals surface area contributed by atoms with Crippen LogP contribution in [0.4, 0.5) is 5.69 Å². The van der Waals surface area contributed by atoms with Crippen LogP contribution in [0.2, 0.25) is 10.0 Å². The lowest BCUT2D eigenvalue weighted by Gasteiger charge is -2.19. The fraction of sp³-hybridized carbons (Fsp3) is 0.500. The number of carbonyl (C=O) groups excluding carboxylic acids is 1. The zero-order valence-electron chi connectivity index (χ0n) is 10.9. The smallest absolute Gasteiger partial charge is 0.242 e. The summed E-state index contributed by atoms with van der Waals surface area (Å²) < 4.78 is 0. The van der Waals surface area contributed by atoms with Gasteiger partial charge in [0, 0.05) is 11.1 Å². The number of benzene rings is 1. The fourth-order valence-corrected chi connectivity index (χ4v) is 2.65. The summed E-state index contributed by atoms with van der Waals surface area (Å²) in [5.41, 5.74) is 0.684. The van der Waals surface area contributed by atoms with E-state index in [4.69, 9.17) is 23.2 Å². The van der Waals surface area contributed by atoms with Crippen LogP contribution in [0.25, 0.3) is 0 Å². The van der Waals surface area contributed by atoms with Crippen LogP contribution in [0.1, 0.15) is 32.6 Å². The molecule has 0 aromatic heterocycles. The van der Waals surface area contributed by atoms with Gasteiger partial charge < -0.3 is 10.6 Å². The fourth-order valence-electron chi connectivity index (χ4n) is 2.30. The molecule has 0 aliphatic heterocycles. The highest BCUT2D eigenvalue weighted by atomic mass is 35.5. The molecule has 2 rings (SSSR count). The Morgan fingerprint density at radius 2 is 2.00 bits per heavy atom. The minimum Gasteiger partial charge on any atom is -0.373 e. The topological polar surface area (TPSA) is 41.1 Å². The Kier molecular flexibility index (Phi) is 4.94. The Bertz CT molecular complexity index is 459. The van der Waals surface area contributed by atoms with Crippen molar-refractivity contribution in [3.8, 4) is 0 Å². The molecule has 1 aliphatic carbocycles. The first-order valence-electron chi connectivity index (χ1n) is 6.58. The zero-order chi connectivity index (χ0) is 13.8. The normalized spacial score (nSPS) is 17.2. The molecule has 0 saturated heterocycles. The monoisotopic (exact) mass is 300 g/mol. The maximum absolute atomic E-state index is 12.0. The Balaban J connectivity index is 1.93. The molecule has 1 saturated carbocycles. The van der Waals surface area contributed by atoms with Crippen molar-refractivity contribution >= 4 is 34.8 Å². The summed E-state index contributed by atoms with van der Waals surface area (Å²) in [6, 6.07) is 5.15. The molecule has 1 aromatic rings. The lowest BCUT2D eigenvalue weighted by molar-refractivity contribution is -0.122. The third-order valence-corrected chi connectivity index (χ3v) is 3.96. The first kappa shape index (κ1) is 14.5. The van der Waals surface area contributed by atoms with E-state index in [1.54, 1.807) is 18.2 Å². The van der Waals surface area contributed by atoms with Crippen molar-refractivity contribution in [3.05, 3.63) is 28.2 Å². The van der Waals surface area contributed by atoms with E-state index in [0.717, 1.165) is 12.8 Å². The summed E-state index contributed by atoms with van der Waals surface area (Å²) in [7, 11) is 0. The number of carbonyl (C=O) groups is 1. The van der Waals surface area contributed by atoms with Crippen LogP contribution < -0.4 is 10.6 Å². The van der Waals surface area contributed by atoms with Gasteiger partial charge >= 0.3 is 0 Å². The largest absolute Gasteiger partial charge is 0.373 e. The van der Waals surface area contributed by atoms with E-state index >= 15 is 0 Å². The predicted octanol–water partition coefficient (Wildman–Crippen LogP) is 3.85. The summed E-state index contributed by atoms with van der Waals surface area (Å²) in [6.07, 6.45) is 4.56. The van der Waals surface area contributed by atoms with Crippen LogP contribution in [0.5, 0.6) is 0 Å². The lowest BCUT2D eigenvalue weighted by atomic mass is 10.2. The Hall–Kier alpha value is -0.930. The average molecular weight is 301 g/mol. The van der Waals surface area contributed by atoms with E-state index in [1.807, 2.05) is 6.92 Å². The molecule has 1 amide bonds. The second-order valence-corrected chi connectivity index (χ2v) is 5.82. The predicted molar refractivity (Wildman–Crippen MR) is 79.9 cm³/mol. The average Bonchev–Trinajstić information content (AvgIpc) is 2.86. The van der Waals surface area contributed by atoms with E-state index in [1.165, 1.54) is 12.8 Å². The molecule has 0 spiro atoms. The van der Waals surface area contributed by atoms with Crippen molar-refractivity contribution in [2.45, 2.75) is 44.7 Å². The van der Waals surface area contributed by atoms with Crippen molar-refractivity contribution in [2.24, 2.45) is 0 Å². The van der Waals surface area contributed by atoms with Gasteiger partial charge in [0.2, 0.25) is 5.91 Å². The number of anilines is 1. The first-order valence-corrected chi connectivity index (χ1v) is 7.34. The van der Waals surface area contributed by atoms with Gasteiger partial charge in [-0.2, -0.15) is 0 Å². The zero-order valence-corrected chi connectivity index (χ0v) is 12.4. The second-order valence-electron chi connectivity index (χ2n) is 4.98. The molecule has 1 aliphatic rings. The molecule has 0 radical (unpaired) electrons. The molecule has 19 heavy (non-hydrogen) atoms. The molecule has 5 heteroatoms. The van der Waals surface area contributed by atoms with E-state index in [2.05, 4.69) is 10.6 Å². The van der Waals surface area contributed by atoms with Crippen LogP contribution >= 0.6 is 23.2 Å². The molecule has 2 N–H and O–H groups in total. The Labute approximate surface area is 123 Å². The van der Waals surface area contributed by atoms with Crippen LogP contribution in [-0.4, -0.2) is 18.0 Å². The summed E-state index contributed by atoms with van der Waals surface area (Å²) in [4.78, 5) is 12.0. The maximum Gasteiger partial charge on any atom is 0.242 e. The molecule has 104 valence electrons. The van der Waals surface area contributed by atoms with Crippen molar-refractivity contribution in [3.63, 3.8) is 0 Å². The maximum atomic E-state index is 12.0. The van der Waals surface area contributed by atoms with Gasteiger partial charge in [0.1, 0.15) is 6.04 Å². The van der Waals surface area contributed by atoms with Gasteiger partial charge in [0.25, 0.3) is 0 Å². The van der Waals surface area contributed by atoms with Gasteiger partial charge in [-0.15, -0.1) is 0 Å². The van der Waals surface area contributed by atoms with Gasteiger partial charge in [-0.1, -0.05) is 36.0 Å². The second kappa shape index (κ2) is 6.49. The standard InChI is InChI=1S/C14H18Cl2N2O/c1-9(14(19)18-11-4-2-3-5-11)17-13-8-10(15)6-7-12(13)16/h6-9,11,17H,2-5H2,1H3,(H,18,19). The number of hydrogen-bond donors (Lipinski definition) is 2. The molecule has 0 bridgehead atoms. The minimum atomic E-state index is -0.337. The summed E-state index contributed by atoms with van der Waals surface area (Å²) in [5.74, 6) is 0.00272. The number of hydrogen-bond acceptors (Lipinski definition) is 2. The Morgan fingerprint density at radius 1 is 1.32 bits per heavy atom. The summed E-state index contributed by atoms with van der Waals surface area (Å²) >= 11 is 12.0. The van der Waals surface area contributed by atoms with Gasteiger partial charge in [-0.05, 0) is 38.0 Å². The van der Waals surface area contributed by atoms with Crippen molar-refractivity contribution in [1.29, 1.82) is 0 Å². The molecule has 3 nitrogen and oxygen atoms in total. The summed E-state index contributed by atoms with van der Waals surface area (Å²) in [6.45, 7) is 1.82. The molecule has 1 unspecified atom stereocenters. The van der Waals surface area contributed by atoms with Crippen LogP contribution in [-0.2, 0) is 4.79 Å². The Morgan fingerprint density at radius 3 is 2.68 bits per heavy atom. The number of halogens is 2.